The predicted molar refractivity (Wildman–Crippen MR) is 160 cm³/mol. The van der Waals surface area contributed by atoms with Crippen LogP contribution in [0.4, 0.5) is 0 Å². The summed E-state index contributed by atoms with van der Waals surface area (Å²) in [6, 6.07) is 26.5. The van der Waals surface area contributed by atoms with Crippen molar-refractivity contribution in [2.75, 3.05) is 20.6 Å². The third-order valence-electron chi connectivity index (χ3n) is 7.13. The number of benzene rings is 3. The second-order valence-electron chi connectivity index (χ2n) is 9.99. The van der Waals surface area contributed by atoms with Gasteiger partial charge in [-0.15, -0.1) is 0 Å². The van der Waals surface area contributed by atoms with Crippen molar-refractivity contribution >= 4 is 34.9 Å². The molecule has 6 heteroatoms. The van der Waals surface area contributed by atoms with Crippen LogP contribution >= 0.6 is 23.2 Å². The number of nitrogens with zero attached hydrogens (tertiary/aromatic N) is 1. The Morgan fingerprint density at radius 1 is 0.949 bits per heavy atom. The minimum absolute atomic E-state index is 0.222. The molecule has 0 radical (unpaired) electrons. The first kappa shape index (κ1) is 27.0. The number of aromatic nitrogens is 1. The Balaban J connectivity index is 1.79. The lowest BCUT2D eigenvalue weighted by atomic mass is 9.69. The molecule has 2 N–H and O–H groups in total. The summed E-state index contributed by atoms with van der Waals surface area (Å²) < 4.78 is 0. The molecule has 0 aliphatic heterocycles. The van der Waals surface area contributed by atoms with Crippen LogP contribution in [0, 0.1) is 0 Å². The van der Waals surface area contributed by atoms with Crippen molar-refractivity contribution in [3.8, 4) is 11.1 Å². The van der Waals surface area contributed by atoms with Crippen LogP contribution < -0.4 is 5.56 Å². The highest BCUT2D eigenvalue weighted by Crippen LogP contribution is 2.46. The van der Waals surface area contributed by atoms with Crippen LogP contribution in [0.3, 0.4) is 0 Å². The molecule has 4 nitrogen and oxygen atoms in total. The molecule has 4 aromatic rings. The zero-order chi connectivity index (χ0) is 27.6. The monoisotopic (exact) mass is 554 g/mol. The highest BCUT2D eigenvalue weighted by molar-refractivity contribution is 6.32. The molecular formula is C33H28Cl2N2O2. The van der Waals surface area contributed by atoms with Gasteiger partial charge in [0.1, 0.15) is 10.8 Å². The molecule has 0 amide bonds. The number of nitrogens with one attached hydrogen (secondary N) is 1. The minimum Gasteiger partial charge on any atom is -0.383 e. The molecule has 0 fully saturated rings. The molecule has 2 atom stereocenters. The summed E-state index contributed by atoms with van der Waals surface area (Å²) in [6.45, 7) is 0.576. The van der Waals surface area contributed by atoms with Gasteiger partial charge in [-0.1, -0.05) is 101 Å². The summed E-state index contributed by atoms with van der Waals surface area (Å²) in [5.41, 5.74) is 9.51. The molecule has 1 heterocycles. The van der Waals surface area contributed by atoms with Crippen molar-refractivity contribution in [1.82, 2.24) is 9.88 Å². The van der Waals surface area contributed by atoms with E-state index in [-0.39, 0.29) is 10.7 Å². The van der Waals surface area contributed by atoms with E-state index in [2.05, 4.69) is 16.4 Å². The van der Waals surface area contributed by atoms with Crippen LogP contribution in [-0.4, -0.2) is 41.2 Å². The van der Waals surface area contributed by atoms with E-state index in [1.807, 2.05) is 91.8 Å². The van der Waals surface area contributed by atoms with Crippen molar-refractivity contribution in [3.63, 3.8) is 0 Å². The number of H-pyrrole nitrogens is 1. The van der Waals surface area contributed by atoms with Gasteiger partial charge < -0.3 is 15.0 Å². The molecule has 3 aromatic carbocycles. The van der Waals surface area contributed by atoms with E-state index >= 15 is 0 Å². The Kier molecular flexibility index (Phi) is 7.79. The predicted octanol–water partition coefficient (Wildman–Crippen LogP) is 7.03. The number of hydrogen-bond acceptors (Lipinski definition) is 3. The van der Waals surface area contributed by atoms with Gasteiger partial charge in [-0.25, -0.2) is 0 Å². The van der Waals surface area contributed by atoms with Crippen molar-refractivity contribution in [2.24, 2.45) is 0 Å². The normalized spacial score (nSPS) is 14.6. The first-order chi connectivity index (χ1) is 18.8. The van der Waals surface area contributed by atoms with Crippen LogP contribution in [-0.2, 0) is 0 Å². The van der Waals surface area contributed by atoms with Crippen molar-refractivity contribution < 1.29 is 5.11 Å². The van der Waals surface area contributed by atoms with E-state index in [4.69, 9.17) is 23.2 Å². The zero-order valence-electron chi connectivity index (χ0n) is 21.7. The van der Waals surface area contributed by atoms with Crippen LogP contribution in [0.1, 0.15) is 34.6 Å². The number of hydrogen-bond donors (Lipinski definition) is 2. The van der Waals surface area contributed by atoms with Crippen LogP contribution in [0.2, 0.25) is 10.2 Å². The van der Waals surface area contributed by atoms with Crippen LogP contribution in [0.5, 0.6) is 0 Å². The lowest BCUT2D eigenvalue weighted by molar-refractivity contribution is 0.0665. The van der Waals surface area contributed by atoms with E-state index in [0.717, 1.165) is 22.3 Å². The summed E-state index contributed by atoms with van der Waals surface area (Å²) in [5.74, 6) is -0.735. The molecule has 0 saturated carbocycles. The topological polar surface area (TPSA) is 56.3 Å². The second-order valence-corrected chi connectivity index (χ2v) is 10.8. The quantitative estimate of drug-likeness (QED) is 0.181. The van der Waals surface area contributed by atoms with Crippen LogP contribution in [0.15, 0.2) is 101 Å². The third kappa shape index (κ3) is 5.45. The van der Waals surface area contributed by atoms with Crippen molar-refractivity contribution in [3.05, 3.63) is 139 Å². The lowest BCUT2D eigenvalue weighted by Gasteiger charge is -2.39. The number of fused-ring (bicyclic) bond motifs is 1. The molecule has 1 aliphatic rings. The number of aliphatic hydroxyl groups is 1. The second kappa shape index (κ2) is 11.3. The van der Waals surface area contributed by atoms with E-state index in [1.54, 1.807) is 18.2 Å². The largest absolute Gasteiger partial charge is 0.383 e. The molecule has 5 rings (SSSR count). The Bertz CT molecular complexity index is 1660. The Morgan fingerprint density at radius 2 is 1.64 bits per heavy atom. The molecule has 0 spiro atoms. The fraction of sp³-hybridized carbons (Fsp3) is 0.182. The summed E-state index contributed by atoms with van der Waals surface area (Å²) in [4.78, 5) is 18.5. The number of rotatable bonds is 8. The van der Waals surface area contributed by atoms with Crippen LogP contribution in [0.25, 0.3) is 22.8 Å². The fourth-order valence-electron chi connectivity index (χ4n) is 5.19. The Hall–Kier alpha value is -3.59. The first-order valence-electron chi connectivity index (χ1n) is 12.7. The number of pyridine rings is 1. The van der Waals surface area contributed by atoms with E-state index in [1.165, 1.54) is 0 Å². The summed E-state index contributed by atoms with van der Waals surface area (Å²) >= 11 is 12.7. The average Bonchev–Trinajstić information content (AvgIpc) is 2.94. The maximum atomic E-state index is 13.7. The standard InChI is InChI=1S/C33H28Cl2N2O2/c1-37(2)20-19-33(39,29-14-8-12-22-9-6-7-13-26(22)29)30(24-10-4-3-5-11-24)28-21-27(31(35)36-32(28)38)23-15-17-25(34)18-16-23/h3-7,9-13,15-18,21,30,39H,19-20H2,1-2H3,(H,36,38). The average molecular weight is 556 g/mol. The van der Waals surface area contributed by atoms with Gasteiger partial charge in [-0.05, 0) is 67.0 Å². The molecule has 0 bridgehead atoms. The third-order valence-corrected chi connectivity index (χ3v) is 7.68. The smallest absolute Gasteiger partial charge is 0.253 e. The SMILES string of the molecule is CN(C)CCC(O)(C1=C=C=Cc2ccccc21)C(c1ccccc1)c1cc(-c2ccc(Cl)cc2)c(Cl)[nH]c1=O. The molecule has 0 saturated heterocycles. The Labute approximate surface area is 238 Å². The summed E-state index contributed by atoms with van der Waals surface area (Å²) in [6.07, 6.45) is 2.20. The van der Waals surface area contributed by atoms with Crippen molar-refractivity contribution in [1.29, 1.82) is 0 Å². The van der Waals surface area contributed by atoms with Crippen molar-refractivity contribution in [2.45, 2.75) is 17.9 Å². The zero-order valence-corrected chi connectivity index (χ0v) is 23.2. The van der Waals surface area contributed by atoms with Gasteiger partial charge in [0.2, 0.25) is 0 Å². The highest BCUT2D eigenvalue weighted by atomic mass is 35.5. The van der Waals surface area contributed by atoms with Gasteiger partial charge in [0, 0.05) is 34.2 Å². The minimum atomic E-state index is -1.51. The number of aromatic amines is 1. The van der Waals surface area contributed by atoms with E-state index in [0.29, 0.717) is 34.7 Å². The molecule has 39 heavy (non-hydrogen) atoms. The summed E-state index contributed by atoms with van der Waals surface area (Å²) in [7, 11) is 3.93. The Morgan fingerprint density at radius 3 is 2.36 bits per heavy atom. The summed E-state index contributed by atoms with van der Waals surface area (Å²) in [5, 5.41) is 13.7. The van der Waals surface area contributed by atoms with Gasteiger partial charge in [0.05, 0.1) is 0 Å². The molecule has 2 unspecified atom stereocenters. The molecule has 196 valence electrons. The lowest BCUT2D eigenvalue weighted by Crippen LogP contribution is -2.43. The molecular weight excluding hydrogens is 527 g/mol. The molecule has 1 aromatic heterocycles. The maximum absolute atomic E-state index is 13.7. The van der Waals surface area contributed by atoms with Gasteiger partial charge in [-0.3, -0.25) is 4.79 Å². The van der Waals surface area contributed by atoms with E-state index < -0.39 is 11.5 Å². The fourth-order valence-corrected chi connectivity index (χ4v) is 5.56. The number of halogens is 2. The maximum Gasteiger partial charge on any atom is 0.253 e. The molecule has 1 aliphatic carbocycles. The van der Waals surface area contributed by atoms with Gasteiger partial charge in [-0.2, -0.15) is 0 Å². The van der Waals surface area contributed by atoms with E-state index in [9.17, 15) is 9.90 Å². The van der Waals surface area contributed by atoms with Gasteiger partial charge in [0.15, 0.2) is 0 Å². The van der Waals surface area contributed by atoms with Gasteiger partial charge in [0.25, 0.3) is 5.56 Å². The first-order valence-corrected chi connectivity index (χ1v) is 13.5. The van der Waals surface area contributed by atoms with Gasteiger partial charge >= 0.3 is 0 Å². The highest BCUT2D eigenvalue weighted by Gasteiger charge is 2.45.